The van der Waals surface area contributed by atoms with Gasteiger partial charge in [0, 0.05) is 19.1 Å². The van der Waals surface area contributed by atoms with Crippen LogP contribution in [-0.2, 0) is 0 Å². The lowest BCUT2D eigenvalue weighted by Crippen LogP contribution is -2.30. The molecule has 1 unspecified atom stereocenters. The maximum Gasteiger partial charge on any atom is 0.0991 e. The summed E-state index contributed by atoms with van der Waals surface area (Å²) in [5.41, 5.74) is 1.89. The third kappa shape index (κ3) is 4.56. The topological polar surface area (TPSA) is 39.1 Å². The summed E-state index contributed by atoms with van der Waals surface area (Å²) >= 11 is 0. The minimum absolute atomic E-state index is 0.286. The van der Waals surface area contributed by atoms with E-state index in [1.165, 1.54) is 5.56 Å². The van der Waals surface area contributed by atoms with Crippen molar-refractivity contribution < 1.29 is 0 Å². The molecule has 0 bridgehead atoms. The Hall–Kier alpha value is -1.37. The molecule has 0 fully saturated rings. The van der Waals surface area contributed by atoms with Crippen LogP contribution in [0.4, 0.5) is 0 Å². The van der Waals surface area contributed by atoms with Gasteiger partial charge in [0.25, 0.3) is 0 Å². The summed E-state index contributed by atoms with van der Waals surface area (Å²) in [6, 6.07) is 10.2. The minimum atomic E-state index is 0.286. The van der Waals surface area contributed by atoms with Crippen molar-refractivity contribution in [2.24, 2.45) is 0 Å². The molecule has 0 heterocycles. The lowest BCUT2D eigenvalue weighted by Gasteiger charge is -2.18. The van der Waals surface area contributed by atoms with Gasteiger partial charge in [-0.05, 0) is 38.2 Å². The first-order valence-corrected chi connectivity index (χ1v) is 6.09. The summed E-state index contributed by atoms with van der Waals surface area (Å²) in [4.78, 5) is 2.27. The molecule has 0 spiro atoms. The number of likely N-dealkylation sites (N-methyl/N-ethyl adjacent to an activating group) is 1. The van der Waals surface area contributed by atoms with Crippen LogP contribution in [0.15, 0.2) is 24.3 Å². The Balaban J connectivity index is 2.47. The molecule has 0 aliphatic rings. The molecule has 1 atom stereocenters. The van der Waals surface area contributed by atoms with Crippen LogP contribution in [0.1, 0.15) is 31.0 Å². The zero-order valence-corrected chi connectivity index (χ0v) is 10.9. The number of hydrogen-bond acceptors (Lipinski definition) is 3. The maximum absolute atomic E-state index is 8.85. The number of nitriles is 1. The predicted molar refractivity (Wildman–Crippen MR) is 70.7 cm³/mol. The second-order valence-electron chi connectivity index (χ2n) is 4.31. The fourth-order valence-corrected chi connectivity index (χ4v) is 1.63. The normalized spacial score (nSPS) is 12.4. The molecule has 92 valence electrons. The third-order valence-electron chi connectivity index (χ3n) is 3.00. The lowest BCUT2D eigenvalue weighted by molar-refractivity contribution is 0.342. The zero-order chi connectivity index (χ0) is 12.7. The molecule has 1 aromatic carbocycles. The van der Waals surface area contributed by atoms with E-state index in [9.17, 15) is 0 Å². The van der Waals surface area contributed by atoms with Gasteiger partial charge in [-0.25, -0.2) is 0 Å². The van der Waals surface area contributed by atoms with E-state index in [4.69, 9.17) is 5.26 Å². The number of nitrogens with one attached hydrogen (secondary N) is 1. The standard InChI is InChI=1S/C14H21N3/c1-4-17(3)9-8-16-12(2)14-7-5-6-13(10-14)11-15/h5-7,10,12,16H,4,8-9H2,1-3H3. The van der Waals surface area contributed by atoms with Gasteiger partial charge >= 0.3 is 0 Å². The fourth-order valence-electron chi connectivity index (χ4n) is 1.63. The van der Waals surface area contributed by atoms with Gasteiger partial charge in [-0.3, -0.25) is 0 Å². The van der Waals surface area contributed by atoms with Crippen molar-refractivity contribution in [3.8, 4) is 6.07 Å². The molecule has 0 aromatic heterocycles. The Morgan fingerprint density at radius 2 is 2.24 bits per heavy atom. The van der Waals surface area contributed by atoms with Crippen LogP contribution >= 0.6 is 0 Å². The molecule has 0 aliphatic heterocycles. The van der Waals surface area contributed by atoms with Gasteiger partial charge in [-0.2, -0.15) is 5.26 Å². The molecule has 3 heteroatoms. The Kier molecular flexibility index (Phi) is 5.68. The van der Waals surface area contributed by atoms with E-state index in [2.05, 4.69) is 43.2 Å². The van der Waals surface area contributed by atoms with Gasteiger partial charge in [0.05, 0.1) is 11.6 Å². The highest BCUT2D eigenvalue weighted by molar-refractivity contribution is 5.33. The van der Waals surface area contributed by atoms with E-state index < -0.39 is 0 Å². The van der Waals surface area contributed by atoms with Gasteiger partial charge < -0.3 is 10.2 Å². The first-order valence-electron chi connectivity index (χ1n) is 6.09. The van der Waals surface area contributed by atoms with Crippen LogP contribution in [0, 0.1) is 11.3 Å². The molecular weight excluding hydrogens is 210 g/mol. The highest BCUT2D eigenvalue weighted by Crippen LogP contribution is 2.13. The van der Waals surface area contributed by atoms with Crippen LogP contribution < -0.4 is 5.32 Å². The van der Waals surface area contributed by atoms with E-state index in [0.717, 1.165) is 25.2 Å². The summed E-state index contributed by atoms with van der Waals surface area (Å²) in [7, 11) is 2.11. The summed E-state index contributed by atoms with van der Waals surface area (Å²) in [6.45, 7) is 7.35. The SMILES string of the molecule is CCN(C)CCNC(C)c1cccc(C#N)c1. The van der Waals surface area contributed by atoms with E-state index in [0.29, 0.717) is 0 Å². The molecule has 0 saturated carbocycles. The first-order chi connectivity index (χ1) is 8.17. The lowest BCUT2D eigenvalue weighted by atomic mass is 10.1. The average Bonchev–Trinajstić information content (AvgIpc) is 2.38. The van der Waals surface area contributed by atoms with E-state index in [1.807, 2.05) is 18.2 Å². The molecule has 1 aromatic rings. The molecule has 3 nitrogen and oxygen atoms in total. The van der Waals surface area contributed by atoms with Crippen molar-refractivity contribution in [1.82, 2.24) is 10.2 Å². The average molecular weight is 231 g/mol. The van der Waals surface area contributed by atoms with Crippen molar-refractivity contribution >= 4 is 0 Å². The van der Waals surface area contributed by atoms with Crippen LogP contribution in [0.2, 0.25) is 0 Å². The molecule has 0 amide bonds. The Morgan fingerprint density at radius 3 is 2.88 bits per heavy atom. The van der Waals surface area contributed by atoms with Crippen LogP contribution in [0.5, 0.6) is 0 Å². The summed E-state index contributed by atoms with van der Waals surface area (Å²) < 4.78 is 0. The fraction of sp³-hybridized carbons (Fsp3) is 0.500. The highest BCUT2D eigenvalue weighted by atomic mass is 15.1. The smallest absolute Gasteiger partial charge is 0.0991 e. The van der Waals surface area contributed by atoms with Gasteiger partial charge in [0.1, 0.15) is 0 Å². The van der Waals surface area contributed by atoms with Crippen molar-refractivity contribution in [3.05, 3.63) is 35.4 Å². The van der Waals surface area contributed by atoms with Gasteiger partial charge in [-0.15, -0.1) is 0 Å². The summed E-state index contributed by atoms with van der Waals surface area (Å²) in [5.74, 6) is 0. The summed E-state index contributed by atoms with van der Waals surface area (Å²) in [6.07, 6.45) is 0. The second-order valence-corrected chi connectivity index (χ2v) is 4.31. The maximum atomic E-state index is 8.85. The zero-order valence-electron chi connectivity index (χ0n) is 10.9. The molecule has 0 aliphatic carbocycles. The number of benzene rings is 1. The quantitative estimate of drug-likeness (QED) is 0.815. The van der Waals surface area contributed by atoms with Crippen LogP contribution in [0.3, 0.4) is 0 Å². The molecular formula is C14H21N3. The van der Waals surface area contributed by atoms with Crippen molar-refractivity contribution in [3.63, 3.8) is 0 Å². The van der Waals surface area contributed by atoms with Crippen molar-refractivity contribution in [1.29, 1.82) is 5.26 Å². The molecule has 1 N–H and O–H groups in total. The van der Waals surface area contributed by atoms with E-state index in [1.54, 1.807) is 0 Å². The molecule has 17 heavy (non-hydrogen) atoms. The number of hydrogen-bond donors (Lipinski definition) is 1. The number of nitrogens with zero attached hydrogens (tertiary/aromatic N) is 2. The van der Waals surface area contributed by atoms with E-state index in [-0.39, 0.29) is 6.04 Å². The molecule has 0 radical (unpaired) electrons. The predicted octanol–water partition coefficient (Wildman–Crippen LogP) is 2.16. The van der Waals surface area contributed by atoms with Gasteiger partial charge in [-0.1, -0.05) is 19.1 Å². The van der Waals surface area contributed by atoms with Gasteiger partial charge in [0.2, 0.25) is 0 Å². The Labute approximate surface area is 104 Å². The van der Waals surface area contributed by atoms with Gasteiger partial charge in [0.15, 0.2) is 0 Å². The van der Waals surface area contributed by atoms with Crippen LogP contribution in [0.25, 0.3) is 0 Å². The highest BCUT2D eigenvalue weighted by Gasteiger charge is 2.05. The second kappa shape index (κ2) is 7.05. The molecule has 0 saturated heterocycles. The first kappa shape index (κ1) is 13.7. The number of rotatable bonds is 6. The van der Waals surface area contributed by atoms with Crippen LogP contribution in [-0.4, -0.2) is 31.6 Å². The monoisotopic (exact) mass is 231 g/mol. The molecule has 1 rings (SSSR count). The minimum Gasteiger partial charge on any atom is -0.309 e. The van der Waals surface area contributed by atoms with Crippen molar-refractivity contribution in [2.75, 3.05) is 26.7 Å². The summed E-state index contributed by atoms with van der Waals surface area (Å²) in [5, 5.41) is 12.3. The Bertz CT molecular complexity index is 381. The van der Waals surface area contributed by atoms with Crippen molar-refractivity contribution in [2.45, 2.75) is 19.9 Å². The third-order valence-corrected chi connectivity index (χ3v) is 3.00. The Morgan fingerprint density at radius 1 is 1.47 bits per heavy atom. The van der Waals surface area contributed by atoms with E-state index >= 15 is 0 Å². The largest absolute Gasteiger partial charge is 0.309 e.